The molecule has 0 saturated carbocycles. The van der Waals surface area contributed by atoms with Gasteiger partial charge in [-0.15, -0.1) is 0 Å². The lowest BCUT2D eigenvalue weighted by Crippen LogP contribution is -2.29. The highest BCUT2D eigenvalue weighted by atomic mass is 32.2. The number of nitrogen functional groups attached to an aromatic ring is 1. The van der Waals surface area contributed by atoms with E-state index in [1.807, 2.05) is 4.72 Å². The van der Waals surface area contributed by atoms with Gasteiger partial charge >= 0.3 is 11.9 Å². The predicted molar refractivity (Wildman–Crippen MR) is 112 cm³/mol. The quantitative estimate of drug-likeness (QED) is 0.363. The number of nitrogens with zero attached hydrogens (tertiary/aromatic N) is 5. The first kappa shape index (κ1) is 24.1. The Morgan fingerprint density at radius 2 is 1.97 bits per heavy atom. The van der Waals surface area contributed by atoms with Gasteiger partial charge in [-0.25, -0.2) is 27.8 Å². The summed E-state index contributed by atoms with van der Waals surface area (Å²) in [5.74, 6) is -2.02. The molecule has 0 radical (unpaired) electrons. The maximum atomic E-state index is 13.5. The van der Waals surface area contributed by atoms with Gasteiger partial charge in [-0.05, 0) is 24.1 Å². The van der Waals surface area contributed by atoms with Crippen molar-refractivity contribution in [3.05, 3.63) is 58.7 Å². The summed E-state index contributed by atoms with van der Waals surface area (Å²) < 4.78 is 66.0. The van der Waals surface area contributed by atoms with Crippen molar-refractivity contribution in [2.24, 2.45) is 0 Å². The summed E-state index contributed by atoms with van der Waals surface area (Å²) in [5.41, 5.74) is 5.56. The summed E-state index contributed by atoms with van der Waals surface area (Å²) in [5, 5.41) is 15.4. The van der Waals surface area contributed by atoms with E-state index >= 15 is 0 Å². The highest BCUT2D eigenvalue weighted by molar-refractivity contribution is 7.88. The van der Waals surface area contributed by atoms with Crippen LogP contribution in [0.2, 0.25) is 0 Å². The van der Waals surface area contributed by atoms with Crippen LogP contribution in [0.3, 0.4) is 0 Å². The van der Waals surface area contributed by atoms with E-state index in [0.29, 0.717) is 5.56 Å². The summed E-state index contributed by atoms with van der Waals surface area (Å²) >= 11 is 0. The summed E-state index contributed by atoms with van der Waals surface area (Å²) in [7, 11) is -3.62. The van der Waals surface area contributed by atoms with Crippen LogP contribution < -0.4 is 10.5 Å². The van der Waals surface area contributed by atoms with Crippen molar-refractivity contribution in [2.45, 2.75) is 18.5 Å². The van der Waals surface area contributed by atoms with E-state index in [2.05, 4.69) is 15.1 Å². The van der Waals surface area contributed by atoms with Crippen LogP contribution in [0.4, 0.5) is 24.7 Å². The third-order valence-electron chi connectivity index (χ3n) is 4.63. The highest BCUT2D eigenvalue weighted by Crippen LogP contribution is 2.37. The Morgan fingerprint density at radius 3 is 2.55 bits per heavy atom. The Labute approximate surface area is 185 Å². The number of nitrogens with one attached hydrogen (secondary N) is 1. The molecule has 0 saturated heterocycles. The van der Waals surface area contributed by atoms with Crippen LogP contribution in [0.25, 0.3) is 16.9 Å². The molecule has 15 heteroatoms. The van der Waals surface area contributed by atoms with Gasteiger partial charge in [0, 0.05) is 30.7 Å². The van der Waals surface area contributed by atoms with Gasteiger partial charge in [0.05, 0.1) is 28.9 Å². The maximum Gasteiger partial charge on any atom is 0.395 e. The van der Waals surface area contributed by atoms with Crippen LogP contribution in [0.5, 0.6) is 0 Å². The lowest BCUT2D eigenvalue weighted by molar-refractivity contribution is -0.383. The molecule has 11 nitrogen and oxygen atoms in total. The van der Waals surface area contributed by atoms with Crippen LogP contribution in [0.1, 0.15) is 17.9 Å². The minimum absolute atomic E-state index is 0.147. The molecule has 0 amide bonds. The van der Waals surface area contributed by atoms with E-state index in [4.69, 9.17) is 5.73 Å². The predicted octanol–water partition coefficient (Wildman–Crippen LogP) is 2.40. The number of aromatic nitrogens is 4. The van der Waals surface area contributed by atoms with Crippen LogP contribution >= 0.6 is 0 Å². The van der Waals surface area contributed by atoms with Gasteiger partial charge in [0.25, 0.3) is 0 Å². The monoisotopic (exact) mass is 485 g/mol. The molecule has 33 heavy (non-hydrogen) atoms. The molecule has 176 valence electrons. The number of sulfonamides is 1. The van der Waals surface area contributed by atoms with Crippen molar-refractivity contribution < 1.29 is 26.5 Å². The van der Waals surface area contributed by atoms with Crippen molar-refractivity contribution >= 4 is 21.5 Å². The average Bonchev–Trinajstić information content (AvgIpc) is 3.19. The van der Waals surface area contributed by atoms with Gasteiger partial charge in [0.1, 0.15) is 0 Å². The van der Waals surface area contributed by atoms with Crippen LogP contribution in [-0.4, -0.2) is 52.1 Å². The Kier molecular flexibility index (Phi) is 6.64. The molecule has 0 aliphatic rings. The van der Waals surface area contributed by atoms with Crippen molar-refractivity contribution in [3.8, 4) is 16.9 Å². The minimum Gasteiger partial charge on any atom is -0.378 e. The van der Waals surface area contributed by atoms with Gasteiger partial charge < -0.3 is 5.73 Å². The van der Waals surface area contributed by atoms with Crippen molar-refractivity contribution in [2.75, 3.05) is 18.5 Å². The third-order valence-corrected chi connectivity index (χ3v) is 5.36. The smallest absolute Gasteiger partial charge is 0.378 e. The molecule has 0 bridgehead atoms. The van der Waals surface area contributed by atoms with Crippen molar-refractivity contribution in [3.63, 3.8) is 0 Å². The van der Waals surface area contributed by atoms with E-state index in [9.17, 15) is 31.7 Å². The molecule has 3 aromatic rings. The first-order valence-electron chi connectivity index (χ1n) is 9.28. The van der Waals surface area contributed by atoms with Gasteiger partial charge in [-0.3, -0.25) is 10.1 Å². The highest BCUT2D eigenvalue weighted by Gasteiger charge is 2.40. The SMILES string of the molecule is CS(=O)(=O)NCCC(c1ccc(-n2cc(-c3ccnc(N)c3[N+](=O)[O-])cn2)nc1)C(F)(F)F. The second kappa shape index (κ2) is 9.11. The molecule has 3 N–H and O–H groups in total. The summed E-state index contributed by atoms with van der Waals surface area (Å²) in [4.78, 5) is 18.4. The molecule has 0 aliphatic heterocycles. The third kappa shape index (κ3) is 5.81. The van der Waals surface area contributed by atoms with Gasteiger partial charge in [0.2, 0.25) is 15.8 Å². The molecule has 0 spiro atoms. The van der Waals surface area contributed by atoms with Gasteiger partial charge in [0.15, 0.2) is 5.82 Å². The lowest BCUT2D eigenvalue weighted by atomic mass is 9.97. The molecule has 0 aromatic carbocycles. The maximum absolute atomic E-state index is 13.5. The topological polar surface area (TPSA) is 159 Å². The normalized spacial score (nSPS) is 13.1. The Morgan fingerprint density at radius 1 is 1.24 bits per heavy atom. The standard InChI is InChI=1S/C18H18F3N7O4S/c1-33(31,32)26-7-5-14(18(19,20)21)11-2-3-15(24-8-11)27-10-12(9-25-27)13-4-6-23-17(22)16(13)28(29)30/h2-4,6,8-10,14,26H,5,7H2,1H3,(H2,22,23). The Bertz CT molecular complexity index is 1260. The zero-order valence-corrected chi connectivity index (χ0v) is 17.8. The molecule has 3 heterocycles. The fourth-order valence-electron chi connectivity index (χ4n) is 3.13. The number of pyridine rings is 2. The molecule has 1 unspecified atom stereocenters. The van der Waals surface area contributed by atoms with Crippen molar-refractivity contribution in [1.29, 1.82) is 0 Å². The number of anilines is 1. The van der Waals surface area contributed by atoms with E-state index in [1.54, 1.807) is 0 Å². The Balaban J connectivity index is 1.85. The van der Waals surface area contributed by atoms with E-state index in [0.717, 1.165) is 12.5 Å². The number of hydrogen-bond acceptors (Lipinski definition) is 8. The zero-order chi connectivity index (χ0) is 24.4. The number of nitro groups is 1. The average molecular weight is 485 g/mol. The first-order valence-corrected chi connectivity index (χ1v) is 11.2. The number of rotatable bonds is 8. The number of halogens is 3. The fraction of sp³-hybridized carbons (Fsp3) is 0.278. The fourth-order valence-corrected chi connectivity index (χ4v) is 3.62. The van der Waals surface area contributed by atoms with Crippen LogP contribution in [-0.2, 0) is 10.0 Å². The molecule has 3 aromatic heterocycles. The minimum atomic E-state index is -4.61. The molecule has 1 atom stereocenters. The number of alkyl halides is 3. The van der Waals surface area contributed by atoms with E-state index in [1.165, 1.54) is 41.5 Å². The Hall–Kier alpha value is -3.59. The zero-order valence-electron chi connectivity index (χ0n) is 17.0. The lowest BCUT2D eigenvalue weighted by Gasteiger charge is -2.20. The van der Waals surface area contributed by atoms with Crippen LogP contribution in [0, 0.1) is 10.1 Å². The first-order chi connectivity index (χ1) is 15.4. The number of nitrogens with two attached hydrogens (primary N) is 1. The summed E-state index contributed by atoms with van der Waals surface area (Å²) in [6.07, 6.45) is 0.825. The molecule has 0 aliphatic carbocycles. The van der Waals surface area contributed by atoms with Gasteiger partial charge in [-0.2, -0.15) is 18.3 Å². The number of hydrogen-bond donors (Lipinski definition) is 2. The molecule has 0 fully saturated rings. The van der Waals surface area contributed by atoms with Crippen LogP contribution in [0.15, 0.2) is 43.0 Å². The van der Waals surface area contributed by atoms with Crippen molar-refractivity contribution in [1.82, 2.24) is 24.5 Å². The molecule has 3 rings (SSSR count). The molecular formula is C18H18F3N7O4S. The second-order valence-electron chi connectivity index (χ2n) is 7.02. The molecular weight excluding hydrogens is 467 g/mol. The summed E-state index contributed by atoms with van der Waals surface area (Å²) in [6, 6.07) is 3.92. The van der Waals surface area contributed by atoms with E-state index in [-0.39, 0.29) is 29.3 Å². The van der Waals surface area contributed by atoms with Gasteiger partial charge in [-0.1, -0.05) is 6.07 Å². The van der Waals surface area contributed by atoms with E-state index < -0.39 is 39.1 Å². The summed E-state index contributed by atoms with van der Waals surface area (Å²) in [6.45, 7) is -0.388. The largest absolute Gasteiger partial charge is 0.395 e. The second-order valence-corrected chi connectivity index (χ2v) is 8.86.